The summed E-state index contributed by atoms with van der Waals surface area (Å²) in [5.41, 5.74) is 7.98. The van der Waals surface area contributed by atoms with Crippen LogP contribution in [0.3, 0.4) is 0 Å². The molecular formula is C16H18N4. The van der Waals surface area contributed by atoms with Crippen molar-refractivity contribution >= 4 is 11.5 Å². The van der Waals surface area contributed by atoms with E-state index in [0.29, 0.717) is 13.0 Å². The summed E-state index contributed by atoms with van der Waals surface area (Å²) in [7, 11) is 0. The minimum absolute atomic E-state index is 0.0367. The van der Waals surface area contributed by atoms with E-state index in [0.717, 1.165) is 17.1 Å². The maximum absolute atomic E-state index is 8.83. The number of anilines is 2. The Morgan fingerprint density at radius 1 is 1.30 bits per heavy atom. The first-order valence-corrected chi connectivity index (χ1v) is 6.63. The Hall–Kier alpha value is -2.38. The molecule has 0 saturated carbocycles. The maximum atomic E-state index is 8.83. The van der Waals surface area contributed by atoms with Gasteiger partial charge in [-0.2, -0.15) is 5.26 Å². The van der Waals surface area contributed by atoms with Crippen molar-refractivity contribution < 1.29 is 0 Å². The second-order valence-corrected chi connectivity index (χ2v) is 4.63. The lowest BCUT2D eigenvalue weighted by Gasteiger charge is -2.23. The van der Waals surface area contributed by atoms with Gasteiger partial charge in [-0.3, -0.25) is 0 Å². The fraction of sp³-hybridized carbons (Fsp3) is 0.250. The molecule has 2 N–H and O–H groups in total. The standard InChI is InChI=1S/C16H18N4/c1-13(18)14-8-10-19-16(12-14)20(11-5-9-17)15-6-3-2-4-7-15/h2-4,6-8,10,12-13H,5,11,18H2,1H3/t13-/m0/s1. The first kappa shape index (κ1) is 14.0. The van der Waals surface area contributed by atoms with Gasteiger partial charge in [0.25, 0.3) is 0 Å². The molecule has 0 bridgehead atoms. The molecule has 0 radical (unpaired) electrons. The quantitative estimate of drug-likeness (QED) is 0.902. The average molecular weight is 266 g/mol. The predicted molar refractivity (Wildman–Crippen MR) is 80.5 cm³/mol. The van der Waals surface area contributed by atoms with Crippen molar-refractivity contribution in [3.63, 3.8) is 0 Å². The molecule has 0 unspecified atom stereocenters. The van der Waals surface area contributed by atoms with Crippen LogP contribution in [0.5, 0.6) is 0 Å². The molecule has 2 aromatic rings. The molecule has 4 nitrogen and oxygen atoms in total. The Morgan fingerprint density at radius 2 is 2.05 bits per heavy atom. The molecule has 1 aromatic heterocycles. The number of nitrogens with zero attached hydrogens (tertiary/aromatic N) is 3. The molecule has 0 aliphatic heterocycles. The van der Waals surface area contributed by atoms with Crippen LogP contribution < -0.4 is 10.6 Å². The number of hydrogen-bond acceptors (Lipinski definition) is 4. The lowest BCUT2D eigenvalue weighted by Crippen LogP contribution is -2.20. The number of aromatic nitrogens is 1. The van der Waals surface area contributed by atoms with Crippen molar-refractivity contribution in [2.75, 3.05) is 11.4 Å². The minimum atomic E-state index is -0.0367. The molecule has 0 spiro atoms. The highest BCUT2D eigenvalue weighted by Gasteiger charge is 2.11. The first-order chi connectivity index (χ1) is 9.72. The van der Waals surface area contributed by atoms with Crippen LogP contribution in [0.25, 0.3) is 0 Å². The lowest BCUT2D eigenvalue weighted by atomic mass is 10.1. The summed E-state index contributed by atoms with van der Waals surface area (Å²) in [4.78, 5) is 6.45. The molecule has 1 heterocycles. The molecule has 0 saturated heterocycles. The Kier molecular flexibility index (Phi) is 4.70. The monoisotopic (exact) mass is 266 g/mol. The smallest absolute Gasteiger partial charge is 0.133 e. The zero-order chi connectivity index (χ0) is 14.4. The predicted octanol–water partition coefficient (Wildman–Crippen LogP) is 3.15. The van der Waals surface area contributed by atoms with Gasteiger partial charge >= 0.3 is 0 Å². The molecule has 0 fully saturated rings. The number of rotatable bonds is 5. The van der Waals surface area contributed by atoms with E-state index in [-0.39, 0.29) is 6.04 Å². The second kappa shape index (κ2) is 6.69. The largest absolute Gasteiger partial charge is 0.325 e. The van der Waals surface area contributed by atoms with Crippen molar-refractivity contribution in [1.82, 2.24) is 4.98 Å². The molecule has 20 heavy (non-hydrogen) atoms. The van der Waals surface area contributed by atoms with Crippen molar-refractivity contribution in [3.05, 3.63) is 54.2 Å². The summed E-state index contributed by atoms with van der Waals surface area (Å²) < 4.78 is 0. The van der Waals surface area contributed by atoms with Crippen LogP contribution in [-0.2, 0) is 0 Å². The van der Waals surface area contributed by atoms with E-state index >= 15 is 0 Å². The molecular weight excluding hydrogens is 248 g/mol. The van der Waals surface area contributed by atoms with Crippen LogP contribution in [0.2, 0.25) is 0 Å². The topological polar surface area (TPSA) is 65.9 Å². The van der Waals surface area contributed by atoms with E-state index in [1.807, 2.05) is 54.3 Å². The Labute approximate surface area is 119 Å². The van der Waals surface area contributed by atoms with Gasteiger partial charge < -0.3 is 10.6 Å². The van der Waals surface area contributed by atoms with Gasteiger partial charge in [-0.1, -0.05) is 18.2 Å². The van der Waals surface area contributed by atoms with E-state index in [1.165, 1.54) is 0 Å². The molecule has 2 rings (SSSR count). The third-order valence-electron chi connectivity index (χ3n) is 3.09. The van der Waals surface area contributed by atoms with Crippen LogP contribution in [0.1, 0.15) is 24.9 Å². The third kappa shape index (κ3) is 3.34. The van der Waals surface area contributed by atoms with Crippen molar-refractivity contribution in [2.24, 2.45) is 5.73 Å². The Morgan fingerprint density at radius 3 is 2.70 bits per heavy atom. The second-order valence-electron chi connectivity index (χ2n) is 4.63. The van der Waals surface area contributed by atoms with E-state index in [4.69, 9.17) is 11.0 Å². The minimum Gasteiger partial charge on any atom is -0.325 e. The average Bonchev–Trinajstić information content (AvgIpc) is 2.49. The number of pyridine rings is 1. The van der Waals surface area contributed by atoms with Crippen molar-refractivity contribution in [2.45, 2.75) is 19.4 Å². The van der Waals surface area contributed by atoms with Gasteiger partial charge in [-0.05, 0) is 36.8 Å². The van der Waals surface area contributed by atoms with E-state index in [2.05, 4.69) is 11.1 Å². The molecule has 1 atom stereocenters. The highest BCUT2D eigenvalue weighted by Crippen LogP contribution is 2.25. The maximum Gasteiger partial charge on any atom is 0.133 e. The summed E-state index contributed by atoms with van der Waals surface area (Å²) >= 11 is 0. The fourth-order valence-corrected chi connectivity index (χ4v) is 2.01. The van der Waals surface area contributed by atoms with Gasteiger partial charge in [0.1, 0.15) is 5.82 Å². The molecule has 0 amide bonds. The Bertz CT molecular complexity index is 587. The van der Waals surface area contributed by atoms with E-state index < -0.39 is 0 Å². The van der Waals surface area contributed by atoms with E-state index in [9.17, 15) is 0 Å². The number of benzene rings is 1. The van der Waals surface area contributed by atoms with Crippen molar-refractivity contribution in [1.29, 1.82) is 5.26 Å². The number of para-hydroxylation sites is 1. The number of nitrogens with two attached hydrogens (primary N) is 1. The summed E-state index contributed by atoms with van der Waals surface area (Å²) in [5, 5.41) is 8.83. The zero-order valence-electron chi connectivity index (χ0n) is 11.5. The lowest BCUT2D eigenvalue weighted by molar-refractivity contribution is 0.812. The highest BCUT2D eigenvalue weighted by molar-refractivity contribution is 5.60. The van der Waals surface area contributed by atoms with E-state index in [1.54, 1.807) is 6.20 Å². The normalized spacial score (nSPS) is 11.7. The first-order valence-electron chi connectivity index (χ1n) is 6.63. The fourth-order valence-electron chi connectivity index (χ4n) is 2.01. The zero-order valence-corrected chi connectivity index (χ0v) is 11.5. The van der Waals surface area contributed by atoms with Gasteiger partial charge in [0.15, 0.2) is 0 Å². The van der Waals surface area contributed by atoms with Gasteiger partial charge in [0.05, 0.1) is 12.5 Å². The molecule has 0 aliphatic rings. The summed E-state index contributed by atoms with van der Waals surface area (Å²) in [6, 6.07) is 16.0. The summed E-state index contributed by atoms with van der Waals surface area (Å²) in [5.74, 6) is 0.821. The third-order valence-corrected chi connectivity index (χ3v) is 3.09. The summed E-state index contributed by atoms with van der Waals surface area (Å²) in [6.45, 7) is 2.55. The molecule has 1 aromatic carbocycles. The van der Waals surface area contributed by atoms with Gasteiger partial charge in [0, 0.05) is 24.5 Å². The Balaban J connectivity index is 2.36. The van der Waals surface area contributed by atoms with Gasteiger partial charge in [-0.15, -0.1) is 0 Å². The van der Waals surface area contributed by atoms with Gasteiger partial charge in [-0.25, -0.2) is 4.98 Å². The summed E-state index contributed by atoms with van der Waals surface area (Å²) in [6.07, 6.45) is 2.20. The SMILES string of the molecule is C[C@H](N)c1ccnc(N(CCC#N)c2ccccc2)c1. The van der Waals surface area contributed by atoms with Gasteiger partial charge in [0.2, 0.25) is 0 Å². The van der Waals surface area contributed by atoms with Crippen LogP contribution in [0.4, 0.5) is 11.5 Å². The number of hydrogen-bond donors (Lipinski definition) is 1. The molecule has 4 heteroatoms. The molecule has 102 valence electrons. The highest BCUT2D eigenvalue weighted by atomic mass is 15.2. The van der Waals surface area contributed by atoms with Crippen molar-refractivity contribution in [3.8, 4) is 6.07 Å². The van der Waals surface area contributed by atoms with Crippen LogP contribution >= 0.6 is 0 Å². The van der Waals surface area contributed by atoms with Crippen LogP contribution in [0.15, 0.2) is 48.7 Å². The number of nitriles is 1. The molecule has 0 aliphatic carbocycles. The van der Waals surface area contributed by atoms with Crippen LogP contribution in [-0.4, -0.2) is 11.5 Å². The van der Waals surface area contributed by atoms with Crippen LogP contribution in [0, 0.1) is 11.3 Å².